The number of nitriles is 1. The molecule has 0 bridgehead atoms. The highest BCUT2D eigenvalue weighted by Gasteiger charge is 2.08. The van der Waals surface area contributed by atoms with Gasteiger partial charge in [-0.1, -0.05) is 20.3 Å². The lowest BCUT2D eigenvalue weighted by Gasteiger charge is -2.16. The quantitative estimate of drug-likeness (QED) is 0.581. The number of carbonyl (C=O) groups is 1. The average Bonchev–Trinajstić information content (AvgIpc) is 2.31. The minimum Gasteiger partial charge on any atom is -0.381 e. The number of hydrogen-bond acceptors (Lipinski definition) is 3. The molecule has 0 N–H and O–H groups in total. The molecular weight excluding hydrogens is 216 g/mol. The first-order chi connectivity index (χ1) is 8.11. The van der Waals surface area contributed by atoms with Crippen molar-refractivity contribution in [1.29, 1.82) is 5.26 Å². The number of amides is 1. The summed E-state index contributed by atoms with van der Waals surface area (Å²) in [7, 11) is 1.72. The van der Waals surface area contributed by atoms with Crippen LogP contribution in [0.3, 0.4) is 0 Å². The molecule has 0 aliphatic carbocycles. The molecular formula is C13H24N2O2. The first kappa shape index (κ1) is 15.9. The summed E-state index contributed by atoms with van der Waals surface area (Å²) in [5, 5.41) is 8.41. The van der Waals surface area contributed by atoms with Gasteiger partial charge in [0, 0.05) is 20.2 Å². The van der Waals surface area contributed by atoms with Crippen molar-refractivity contribution >= 4 is 5.91 Å². The molecule has 0 heterocycles. The van der Waals surface area contributed by atoms with E-state index in [-0.39, 0.29) is 5.91 Å². The lowest BCUT2D eigenvalue weighted by Crippen LogP contribution is -2.28. The minimum atomic E-state index is 0.0448. The summed E-state index contributed by atoms with van der Waals surface area (Å²) in [6, 6.07) is 2.02. The van der Waals surface area contributed by atoms with Crippen LogP contribution < -0.4 is 0 Å². The highest BCUT2D eigenvalue weighted by atomic mass is 16.5. The van der Waals surface area contributed by atoms with Crippen LogP contribution in [0.4, 0.5) is 0 Å². The van der Waals surface area contributed by atoms with E-state index in [0.717, 1.165) is 13.0 Å². The molecule has 0 aliphatic rings. The number of rotatable bonds is 9. The fourth-order valence-electron chi connectivity index (χ4n) is 1.55. The molecule has 0 spiro atoms. The van der Waals surface area contributed by atoms with Gasteiger partial charge in [-0.05, 0) is 12.3 Å². The van der Waals surface area contributed by atoms with Gasteiger partial charge >= 0.3 is 0 Å². The zero-order valence-electron chi connectivity index (χ0n) is 11.2. The molecule has 4 heteroatoms. The zero-order valence-corrected chi connectivity index (χ0v) is 11.2. The van der Waals surface area contributed by atoms with Gasteiger partial charge in [-0.15, -0.1) is 0 Å². The first-order valence-corrected chi connectivity index (χ1v) is 6.30. The van der Waals surface area contributed by atoms with E-state index >= 15 is 0 Å². The van der Waals surface area contributed by atoms with Crippen molar-refractivity contribution in [2.45, 2.75) is 39.5 Å². The van der Waals surface area contributed by atoms with Gasteiger partial charge in [0.2, 0.25) is 5.91 Å². The summed E-state index contributed by atoms with van der Waals surface area (Å²) in [5.74, 6) is 0.606. The Bertz CT molecular complexity index is 248. The summed E-state index contributed by atoms with van der Waals surface area (Å²) < 4.78 is 5.46. The summed E-state index contributed by atoms with van der Waals surface area (Å²) in [5.41, 5.74) is 0. The molecule has 1 unspecified atom stereocenters. The molecule has 0 saturated carbocycles. The maximum Gasteiger partial charge on any atom is 0.224 e. The van der Waals surface area contributed by atoms with E-state index in [4.69, 9.17) is 10.00 Å². The van der Waals surface area contributed by atoms with Crippen LogP contribution in [-0.4, -0.2) is 37.6 Å². The Labute approximate surface area is 105 Å². The molecule has 1 atom stereocenters. The fourth-order valence-corrected chi connectivity index (χ4v) is 1.55. The lowest BCUT2D eigenvalue weighted by atomic mass is 10.1. The van der Waals surface area contributed by atoms with Crippen LogP contribution in [-0.2, 0) is 9.53 Å². The van der Waals surface area contributed by atoms with Crippen molar-refractivity contribution < 1.29 is 9.53 Å². The second-order valence-corrected chi connectivity index (χ2v) is 4.44. The molecule has 0 rings (SSSR count). The lowest BCUT2D eigenvalue weighted by molar-refractivity contribution is -0.131. The predicted molar refractivity (Wildman–Crippen MR) is 67.4 cm³/mol. The normalized spacial score (nSPS) is 11.9. The maximum absolute atomic E-state index is 11.6. The smallest absolute Gasteiger partial charge is 0.224 e. The molecule has 4 nitrogen and oxygen atoms in total. The van der Waals surface area contributed by atoms with Crippen molar-refractivity contribution in [2.75, 3.05) is 26.8 Å². The third-order valence-corrected chi connectivity index (χ3v) is 2.63. The van der Waals surface area contributed by atoms with E-state index < -0.39 is 0 Å². The minimum absolute atomic E-state index is 0.0448. The Morgan fingerprint density at radius 1 is 1.53 bits per heavy atom. The highest BCUT2D eigenvalue weighted by molar-refractivity contribution is 5.75. The Hall–Kier alpha value is -1.08. The highest BCUT2D eigenvalue weighted by Crippen LogP contribution is 2.05. The third-order valence-electron chi connectivity index (χ3n) is 2.63. The van der Waals surface area contributed by atoms with Gasteiger partial charge in [-0.3, -0.25) is 4.79 Å². The summed E-state index contributed by atoms with van der Waals surface area (Å²) in [4.78, 5) is 13.1. The molecule has 0 aliphatic heterocycles. The molecule has 0 saturated heterocycles. The summed E-state index contributed by atoms with van der Waals surface area (Å²) in [6.45, 7) is 6.02. The number of carbonyl (C=O) groups excluding carboxylic acids is 1. The summed E-state index contributed by atoms with van der Waals surface area (Å²) in [6.07, 6.45) is 3.12. The number of ether oxygens (including phenoxy) is 1. The van der Waals surface area contributed by atoms with E-state index in [2.05, 4.69) is 13.8 Å². The van der Waals surface area contributed by atoms with E-state index in [1.165, 1.54) is 6.42 Å². The standard InChI is InChI=1S/C13H24N2O2/c1-4-6-12(2)11-17-10-7-13(16)15(3)9-5-8-14/h12H,4-7,9-11H2,1-3H3. The van der Waals surface area contributed by atoms with Crippen LogP contribution in [0.1, 0.15) is 39.5 Å². The zero-order chi connectivity index (χ0) is 13.1. The largest absolute Gasteiger partial charge is 0.381 e. The molecule has 0 aromatic rings. The van der Waals surface area contributed by atoms with Gasteiger partial charge in [0.25, 0.3) is 0 Å². The van der Waals surface area contributed by atoms with Crippen molar-refractivity contribution in [2.24, 2.45) is 5.92 Å². The Kier molecular flexibility index (Phi) is 9.46. The Morgan fingerprint density at radius 2 is 2.24 bits per heavy atom. The van der Waals surface area contributed by atoms with Gasteiger partial charge in [0.15, 0.2) is 0 Å². The topological polar surface area (TPSA) is 53.3 Å². The number of hydrogen-bond donors (Lipinski definition) is 0. The SMILES string of the molecule is CCCC(C)COCCC(=O)N(C)CCC#N. The molecule has 0 aromatic carbocycles. The van der Waals surface area contributed by atoms with E-state index in [0.29, 0.717) is 31.9 Å². The molecule has 0 radical (unpaired) electrons. The van der Waals surface area contributed by atoms with Gasteiger partial charge in [0.05, 0.1) is 25.5 Å². The second kappa shape index (κ2) is 10.1. The molecule has 1 amide bonds. The van der Waals surface area contributed by atoms with E-state index in [1.54, 1.807) is 11.9 Å². The van der Waals surface area contributed by atoms with Crippen molar-refractivity contribution in [3.8, 4) is 6.07 Å². The number of nitrogens with zero attached hydrogens (tertiary/aromatic N) is 2. The first-order valence-electron chi connectivity index (χ1n) is 6.30. The van der Waals surface area contributed by atoms with Crippen LogP contribution >= 0.6 is 0 Å². The molecule has 98 valence electrons. The van der Waals surface area contributed by atoms with Crippen LogP contribution in [0.25, 0.3) is 0 Å². The van der Waals surface area contributed by atoms with E-state index in [1.807, 2.05) is 6.07 Å². The second-order valence-electron chi connectivity index (χ2n) is 4.44. The van der Waals surface area contributed by atoms with Crippen molar-refractivity contribution in [3.63, 3.8) is 0 Å². The molecule has 17 heavy (non-hydrogen) atoms. The monoisotopic (exact) mass is 240 g/mol. The van der Waals surface area contributed by atoms with Crippen LogP contribution in [0.2, 0.25) is 0 Å². The predicted octanol–water partition coefficient (Wildman–Crippen LogP) is 2.20. The Balaban J connectivity index is 3.54. The Morgan fingerprint density at radius 3 is 2.82 bits per heavy atom. The van der Waals surface area contributed by atoms with Crippen LogP contribution in [0.5, 0.6) is 0 Å². The fraction of sp³-hybridized carbons (Fsp3) is 0.846. The van der Waals surface area contributed by atoms with Gasteiger partial charge < -0.3 is 9.64 Å². The average molecular weight is 240 g/mol. The third kappa shape index (κ3) is 8.70. The van der Waals surface area contributed by atoms with Gasteiger partial charge in [-0.25, -0.2) is 0 Å². The molecule has 0 aromatic heterocycles. The van der Waals surface area contributed by atoms with Crippen LogP contribution in [0, 0.1) is 17.2 Å². The van der Waals surface area contributed by atoms with Crippen LogP contribution in [0.15, 0.2) is 0 Å². The summed E-state index contributed by atoms with van der Waals surface area (Å²) >= 11 is 0. The van der Waals surface area contributed by atoms with Gasteiger partial charge in [0.1, 0.15) is 0 Å². The van der Waals surface area contributed by atoms with Crippen molar-refractivity contribution in [1.82, 2.24) is 4.90 Å². The van der Waals surface area contributed by atoms with Gasteiger partial charge in [-0.2, -0.15) is 5.26 Å². The maximum atomic E-state index is 11.6. The molecule has 0 fully saturated rings. The van der Waals surface area contributed by atoms with E-state index in [9.17, 15) is 4.79 Å². The van der Waals surface area contributed by atoms with Crippen molar-refractivity contribution in [3.05, 3.63) is 0 Å².